The zero-order valence-electron chi connectivity index (χ0n) is 40.3. The molecule has 3 fully saturated rings. The number of esters is 1. The SMILES string of the molecule is CCC1/C=C(\C)C(F)C(C)CC(OC)C2OC(O)(C(=O)C(=O)N3CCCCC3C(=O)OC(C(C)=CC3CCC(NC=CCc4ccccc4)C(OC)C3)C(C)CCC1=O)C(C)CC2OC. The van der Waals surface area contributed by atoms with Gasteiger partial charge in [0.2, 0.25) is 5.79 Å². The lowest BCUT2D eigenvalue weighted by atomic mass is 9.81. The van der Waals surface area contributed by atoms with Crippen molar-refractivity contribution >= 4 is 23.4 Å². The van der Waals surface area contributed by atoms with Crippen LogP contribution in [0.4, 0.5) is 4.39 Å². The van der Waals surface area contributed by atoms with Gasteiger partial charge in [-0.2, -0.15) is 0 Å². The van der Waals surface area contributed by atoms with Crippen LogP contribution in [0.25, 0.3) is 0 Å². The highest BCUT2D eigenvalue weighted by Gasteiger charge is 2.56. The maximum Gasteiger partial charge on any atom is 0.329 e. The van der Waals surface area contributed by atoms with Crippen molar-refractivity contribution in [1.29, 1.82) is 0 Å². The van der Waals surface area contributed by atoms with E-state index in [1.54, 1.807) is 34.0 Å². The molecule has 362 valence electrons. The quantitative estimate of drug-likeness (QED) is 0.135. The topological polar surface area (TPSA) is 150 Å². The molecule has 0 radical (unpaired) electrons. The minimum atomic E-state index is -2.56. The van der Waals surface area contributed by atoms with Crippen molar-refractivity contribution in [3.63, 3.8) is 0 Å². The van der Waals surface area contributed by atoms with Crippen LogP contribution in [-0.4, -0.2) is 116 Å². The van der Waals surface area contributed by atoms with Gasteiger partial charge in [-0.3, -0.25) is 14.4 Å². The number of carbonyl (C=O) groups is 4. The number of allylic oxidation sites excluding steroid dienone is 4. The average molecular weight is 909 g/mol. The number of carbonyl (C=O) groups excluding carboxylic acids is 4. The minimum absolute atomic E-state index is 0.0213. The van der Waals surface area contributed by atoms with E-state index in [0.29, 0.717) is 31.3 Å². The summed E-state index contributed by atoms with van der Waals surface area (Å²) in [4.78, 5) is 58.3. The van der Waals surface area contributed by atoms with E-state index in [0.717, 1.165) is 31.3 Å². The summed E-state index contributed by atoms with van der Waals surface area (Å²) in [7, 11) is 4.66. The first-order valence-corrected chi connectivity index (χ1v) is 24.1. The molecular weight excluding hydrogens is 832 g/mol. The molecule has 4 aliphatic rings. The van der Waals surface area contributed by atoms with E-state index in [2.05, 4.69) is 29.6 Å². The molecule has 5 rings (SSSR count). The van der Waals surface area contributed by atoms with Crippen LogP contribution in [0.3, 0.4) is 0 Å². The number of nitrogens with zero attached hydrogens (tertiary/aromatic N) is 1. The third kappa shape index (κ3) is 13.0. The first-order chi connectivity index (χ1) is 31.1. The van der Waals surface area contributed by atoms with Gasteiger partial charge >= 0.3 is 5.97 Å². The molecule has 3 heterocycles. The standard InChI is InChI=1S/C52H77FN2O10/c1-10-39-28-33(3)46(53)34(4)29-44(62-8)48-45(63-9)30-36(6)52(60,65-48)49(57)50(58)55-26-15-14-20-41(55)51(59)64-47(32(2)21-24-42(39)56)35(5)27-38-22-23-40(43(31-38)61-7)54-25-16-19-37-17-12-11-13-18-37/h11-13,16-18,25,27-28,32,34,36,38-41,43-48,54,60H,10,14-15,19-24,26,29-31H2,1-9H3/b25-16?,33-28+,35-27?. The van der Waals surface area contributed by atoms with Crippen molar-refractivity contribution in [2.24, 2.45) is 29.6 Å². The second kappa shape index (κ2) is 24.3. The van der Waals surface area contributed by atoms with Gasteiger partial charge in [-0.15, -0.1) is 0 Å². The number of hydrogen-bond acceptors (Lipinski definition) is 11. The molecule has 0 spiro atoms. The number of benzene rings is 1. The molecule has 13 heteroatoms. The third-order valence-corrected chi connectivity index (χ3v) is 14.6. The summed E-state index contributed by atoms with van der Waals surface area (Å²) in [6.07, 6.45) is 9.41. The minimum Gasteiger partial charge on any atom is -0.456 e. The monoisotopic (exact) mass is 909 g/mol. The fourth-order valence-electron chi connectivity index (χ4n) is 10.5. The van der Waals surface area contributed by atoms with Crippen LogP contribution in [0.1, 0.15) is 118 Å². The van der Waals surface area contributed by atoms with E-state index < -0.39 is 77.8 Å². The number of fused-ring (bicyclic) bond motifs is 3. The number of ether oxygens (including phenoxy) is 5. The van der Waals surface area contributed by atoms with Gasteiger partial charge in [0.1, 0.15) is 30.2 Å². The molecule has 2 bridgehead atoms. The first-order valence-electron chi connectivity index (χ1n) is 24.1. The Morgan fingerprint density at radius 1 is 0.923 bits per heavy atom. The molecule has 1 aromatic carbocycles. The number of alkyl halides is 1. The predicted octanol–water partition coefficient (Wildman–Crippen LogP) is 7.80. The summed E-state index contributed by atoms with van der Waals surface area (Å²) in [5.74, 6) is -7.62. The molecule has 12 nitrogen and oxygen atoms in total. The fraction of sp³-hybridized carbons (Fsp3) is 0.692. The maximum atomic E-state index is 16.3. The molecule has 3 aliphatic heterocycles. The Bertz CT molecular complexity index is 1840. The largest absolute Gasteiger partial charge is 0.456 e. The van der Waals surface area contributed by atoms with Crippen LogP contribution < -0.4 is 5.32 Å². The summed E-state index contributed by atoms with van der Waals surface area (Å²) in [5, 5.41) is 15.6. The molecule has 2 saturated heterocycles. The Morgan fingerprint density at radius 3 is 2.29 bits per heavy atom. The first kappa shape index (κ1) is 52.2. The van der Waals surface area contributed by atoms with E-state index in [1.165, 1.54) is 24.7 Å². The van der Waals surface area contributed by atoms with Gasteiger partial charge in [0.05, 0.1) is 24.4 Å². The summed E-state index contributed by atoms with van der Waals surface area (Å²) in [6.45, 7) is 11.0. The number of halogens is 1. The van der Waals surface area contributed by atoms with Crippen LogP contribution in [0.5, 0.6) is 0 Å². The smallest absolute Gasteiger partial charge is 0.329 e. The molecule has 1 aliphatic carbocycles. The van der Waals surface area contributed by atoms with E-state index in [9.17, 15) is 24.3 Å². The number of cyclic esters (lactones) is 1. The summed E-state index contributed by atoms with van der Waals surface area (Å²) in [5.41, 5.74) is 2.49. The molecule has 1 amide bonds. The van der Waals surface area contributed by atoms with E-state index in [1.807, 2.05) is 45.2 Å². The van der Waals surface area contributed by atoms with Gasteiger partial charge in [-0.1, -0.05) is 76.3 Å². The van der Waals surface area contributed by atoms with Crippen molar-refractivity contribution < 1.29 is 52.4 Å². The van der Waals surface area contributed by atoms with Gasteiger partial charge in [0.15, 0.2) is 0 Å². The average Bonchev–Trinajstić information content (AvgIpc) is 3.32. The number of amides is 1. The molecule has 2 N–H and O–H groups in total. The summed E-state index contributed by atoms with van der Waals surface area (Å²) in [6, 6.07) is 9.32. The number of piperidine rings is 1. The van der Waals surface area contributed by atoms with Crippen LogP contribution in [0, 0.1) is 29.6 Å². The van der Waals surface area contributed by atoms with E-state index in [-0.39, 0.29) is 62.0 Å². The van der Waals surface area contributed by atoms with Gasteiger partial charge in [0.25, 0.3) is 11.7 Å². The number of rotatable bonds is 10. The highest BCUT2D eigenvalue weighted by atomic mass is 19.1. The van der Waals surface area contributed by atoms with Crippen molar-refractivity contribution in [3.8, 4) is 0 Å². The molecule has 1 aromatic rings. The zero-order chi connectivity index (χ0) is 47.4. The Kier molecular flexibility index (Phi) is 19.5. The molecule has 65 heavy (non-hydrogen) atoms. The fourth-order valence-corrected chi connectivity index (χ4v) is 10.5. The van der Waals surface area contributed by atoms with Crippen LogP contribution in [0.15, 0.2) is 65.9 Å². The van der Waals surface area contributed by atoms with E-state index in [4.69, 9.17) is 23.7 Å². The van der Waals surface area contributed by atoms with Crippen molar-refractivity contribution in [1.82, 2.24) is 10.2 Å². The lowest BCUT2D eigenvalue weighted by molar-refractivity contribution is -0.302. The van der Waals surface area contributed by atoms with Crippen LogP contribution in [-0.2, 0) is 49.3 Å². The van der Waals surface area contributed by atoms with Crippen LogP contribution in [0.2, 0.25) is 0 Å². The molecule has 0 aromatic heterocycles. The summed E-state index contributed by atoms with van der Waals surface area (Å²) >= 11 is 0. The maximum absolute atomic E-state index is 16.3. The predicted molar refractivity (Wildman–Crippen MR) is 247 cm³/mol. The van der Waals surface area contributed by atoms with Gasteiger partial charge < -0.3 is 39.0 Å². The second-order valence-corrected chi connectivity index (χ2v) is 19.3. The van der Waals surface area contributed by atoms with Crippen molar-refractivity contribution in [2.75, 3.05) is 27.9 Å². The highest BCUT2D eigenvalue weighted by molar-refractivity contribution is 6.39. The van der Waals surface area contributed by atoms with Crippen molar-refractivity contribution in [3.05, 3.63) is 71.5 Å². The number of ketones is 2. The molecule has 14 atom stereocenters. The normalized spacial score (nSPS) is 37.5. The molecule has 14 unspecified atom stereocenters. The van der Waals surface area contributed by atoms with E-state index >= 15 is 4.39 Å². The molecule has 1 saturated carbocycles. The number of hydrogen-bond donors (Lipinski definition) is 2. The second-order valence-electron chi connectivity index (χ2n) is 19.3. The number of nitrogens with one attached hydrogen (secondary N) is 1. The lowest BCUT2D eigenvalue weighted by Crippen LogP contribution is -2.64. The Balaban J connectivity index is 1.44. The number of aliphatic hydroxyl groups is 1. The zero-order valence-corrected chi connectivity index (χ0v) is 40.3. The Morgan fingerprint density at radius 2 is 1.62 bits per heavy atom. The van der Waals surface area contributed by atoms with Gasteiger partial charge in [-0.25, -0.2) is 9.18 Å². The van der Waals surface area contributed by atoms with Crippen LogP contribution >= 0.6 is 0 Å². The summed E-state index contributed by atoms with van der Waals surface area (Å²) < 4.78 is 46.6. The third-order valence-electron chi connectivity index (χ3n) is 14.6. The molecular formula is C52H77FN2O10. The van der Waals surface area contributed by atoms with Gasteiger partial charge in [0, 0.05) is 46.1 Å². The van der Waals surface area contributed by atoms with Gasteiger partial charge in [-0.05, 0) is 125 Å². The number of Topliss-reactive ketones (excluding diaryl/α,β-unsaturated/α-hetero) is 2. The van der Waals surface area contributed by atoms with Crippen molar-refractivity contribution in [2.45, 2.75) is 173 Å². The number of methoxy groups -OCH3 is 3. The lowest BCUT2D eigenvalue weighted by Gasteiger charge is -2.47. The Hall–Kier alpha value is -3.75. The Labute approximate surface area is 387 Å². The highest BCUT2D eigenvalue weighted by Crippen LogP contribution is 2.39.